The predicted octanol–water partition coefficient (Wildman–Crippen LogP) is 0.0464. The molecule has 52 valence electrons. The summed E-state index contributed by atoms with van der Waals surface area (Å²) < 4.78 is 0. The number of hydroxylamine groups is 2. The second kappa shape index (κ2) is 1.85. The lowest BCUT2D eigenvalue weighted by atomic mass is 10.2. The van der Waals surface area contributed by atoms with Crippen molar-refractivity contribution >= 4 is 6.21 Å². The molecule has 10 heavy (non-hydrogen) atoms. The Morgan fingerprint density at radius 2 is 2.60 bits per heavy atom. The van der Waals surface area contributed by atoms with Crippen molar-refractivity contribution in [1.29, 1.82) is 0 Å². The van der Waals surface area contributed by atoms with Crippen LogP contribution in [0, 0.1) is 0 Å². The van der Waals surface area contributed by atoms with E-state index < -0.39 is 0 Å². The van der Waals surface area contributed by atoms with E-state index in [9.17, 15) is 0 Å². The van der Waals surface area contributed by atoms with Crippen molar-refractivity contribution < 1.29 is 5.21 Å². The summed E-state index contributed by atoms with van der Waals surface area (Å²) in [5.41, 5.74) is 3.71. The molecule has 2 N–H and O–H groups in total. The van der Waals surface area contributed by atoms with Crippen LogP contribution in [0.25, 0.3) is 0 Å². The van der Waals surface area contributed by atoms with Crippen LogP contribution < -0.4 is 5.43 Å². The number of fused-ring (bicyclic) bond motifs is 1. The number of nitrogens with zero attached hydrogens (tertiary/aromatic N) is 2. The largest absolute Gasteiger partial charge is 0.287 e. The van der Waals surface area contributed by atoms with E-state index in [2.05, 4.69) is 10.5 Å². The SMILES string of the molecule is ON1C=CC=C2C=NNC21. The van der Waals surface area contributed by atoms with Gasteiger partial charge in [0.25, 0.3) is 0 Å². The monoisotopic (exact) mass is 137 g/mol. The first kappa shape index (κ1) is 5.49. The molecule has 0 radical (unpaired) electrons. The first-order valence-electron chi connectivity index (χ1n) is 3.02. The van der Waals surface area contributed by atoms with Crippen molar-refractivity contribution in [2.75, 3.05) is 0 Å². The molecular weight excluding hydrogens is 130 g/mol. The summed E-state index contributed by atoms with van der Waals surface area (Å²) >= 11 is 0. The molecule has 0 saturated carbocycles. The van der Waals surface area contributed by atoms with Gasteiger partial charge in [0.2, 0.25) is 0 Å². The van der Waals surface area contributed by atoms with Crippen LogP contribution in [0.5, 0.6) is 0 Å². The van der Waals surface area contributed by atoms with E-state index in [1.54, 1.807) is 18.5 Å². The third-order valence-corrected chi connectivity index (χ3v) is 1.52. The fourth-order valence-corrected chi connectivity index (χ4v) is 1.00. The third kappa shape index (κ3) is 0.625. The number of hydrogen-bond acceptors (Lipinski definition) is 4. The average molecular weight is 137 g/mol. The Kier molecular flexibility index (Phi) is 1.01. The molecule has 2 aliphatic heterocycles. The summed E-state index contributed by atoms with van der Waals surface area (Å²) in [4.78, 5) is 0. The first-order valence-corrected chi connectivity index (χ1v) is 3.02. The second-order valence-electron chi connectivity index (χ2n) is 2.18. The van der Waals surface area contributed by atoms with E-state index in [0.717, 1.165) is 10.6 Å². The minimum absolute atomic E-state index is 0.176. The molecule has 0 aromatic heterocycles. The minimum Gasteiger partial charge on any atom is -0.287 e. The molecule has 4 nitrogen and oxygen atoms in total. The van der Waals surface area contributed by atoms with Crippen molar-refractivity contribution in [1.82, 2.24) is 10.5 Å². The molecule has 0 saturated heterocycles. The zero-order chi connectivity index (χ0) is 6.97. The van der Waals surface area contributed by atoms with E-state index in [1.165, 1.54) is 0 Å². The molecule has 2 aliphatic rings. The standard InChI is InChI=1S/C6H7N3O/c10-9-3-1-2-5-4-7-8-6(5)9/h1-4,6,8,10H. The lowest BCUT2D eigenvalue weighted by Gasteiger charge is -2.22. The van der Waals surface area contributed by atoms with Crippen molar-refractivity contribution in [3.63, 3.8) is 0 Å². The van der Waals surface area contributed by atoms with E-state index in [1.807, 2.05) is 6.08 Å². The van der Waals surface area contributed by atoms with Gasteiger partial charge in [0.15, 0.2) is 6.17 Å². The maximum atomic E-state index is 9.14. The van der Waals surface area contributed by atoms with Gasteiger partial charge in [0.05, 0.1) is 6.21 Å². The Hall–Kier alpha value is -1.29. The molecule has 0 aromatic rings. The molecule has 1 atom stereocenters. The Morgan fingerprint density at radius 3 is 3.40 bits per heavy atom. The smallest absolute Gasteiger partial charge is 0.166 e. The number of hydrazone groups is 1. The molecule has 0 aromatic carbocycles. The van der Waals surface area contributed by atoms with Crippen LogP contribution in [0.1, 0.15) is 0 Å². The van der Waals surface area contributed by atoms with Crippen LogP contribution in [0.15, 0.2) is 29.0 Å². The topological polar surface area (TPSA) is 47.9 Å². The highest BCUT2D eigenvalue weighted by Crippen LogP contribution is 2.13. The molecule has 0 fully saturated rings. The van der Waals surface area contributed by atoms with Crippen molar-refractivity contribution in [2.45, 2.75) is 6.17 Å². The zero-order valence-electron chi connectivity index (χ0n) is 5.23. The molecule has 0 bridgehead atoms. The molecule has 0 spiro atoms. The van der Waals surface area contributed by atoms with Gasteiger partial charge in [-0.05, 0) is 6.08 Å². The van der Waals surface area contributed by atoms with Gasteiger partial charge in [0, 0.05) is 11.8 Å². The third-order valence-electron chi connectivity index (χ3n) is 1.52. The quantitative estimate of drug-likeness (QED) is 0.495. The fourth-order valence-electron chi connectivity index (χ4n) is 1.00. The van der Waals surface area contributed by atoms with Gasteiger partial charge in [-0.15, -0.1) is 0 Å². The van der Waals surface area contributed by atoms with Gasteiger partial charge in [-0.1, -0.05) is 6.08 Å². The number of nitrogens with one attached hydrogen (secondary N) is 1. The summed E-state index contributed by atoms with van der Waals surface area (Å²) in [6.07, 6.45) is 6.77. The highest BCUT2D eigenvalue weighted by atomic mass is 16.5. The van der Waals surface area contributed by atoms with Gasteiger partial charge in [-0.25, -0.2) is 5.06 Å². The van der Waals surface area contributed by atoms with Crippen LogP contribution in [-0.4, -0.2) is 22.7 Å². The van der Waals surface area contributed by atoms with Crippen molar-refractivity contribution in [2.24, 2.45) is 5.10 Å². The Labute approximate surface area is 58.1 Å². The van der Waals surface area contributed by atoms with Gasteiger partial charge in [0.1, 0.15) is 0 Å². The summed E-state index contributed by atoms with van der Waals surface area (Å²) in [5, 5.41) is 14.0. The lowest BCUT2D eigenvalue weighted by molar-refractivity contribution is -0.0746. The molecule has 2 heterocycles. The maximum Gasteiger partial charge on any atom is 0.166 e. The normalized spacial score (nSPS) is 27.9. The number of allylic oxidation sites excluding steroid dienone is 2. The lowest BCUT2D eigenvalue weighted by Crippen LogP contribution is -2.37. The summed E-state index contributed by atoms with van der Waals surface area (Å²) in [5.74, 6) is 0. The highest BCUT2D eigenvalue weighted by Gasteiger charge is 2.22. The Morgan fingerprint density at radius 1 is 1.70 bits per heavy atom. The van der Waals surface area contributed by atoms with Crippen LogP contribution >= 0.6 is 0 Å². The molecular formula is C6H7N3O. The van der Waals surface area contributed by atoms with Crippen LogP contribution in [0.4, 0.5) is 0 Å². The molecule has 4 heteroatoms. The first-order chi connectivity index (χ1) is 4.88. The van der Waals surface area contributed by atoms with Crippen LogP contribution in [-0.2, 0) is 0 Å². The summed E-state index contributed by atoms with van der Waals surface area (Å²) in [6.45, 7) is 0. The second-order valence-corrected chi connectivity index (χ2v) is 2.18. The highest BCUT2D eigenvalue weighted by molar-refractivity contribution is 5.82. The molecule has 1 unspecified atom stereocenters. The van der Waals surface area contributed by atoms with E-state index in [0.29, 0.717) is 0 Å². The van der Waals surface area contributed by atoms with Crippen molar-refractivity contribution in [3.8, 4) is 0 Å². The molecule has 0 aliphatic carbocycles. The van der Waals surface area contributed by atoms with Crippen LogP contribution in [0.3, 0.4) is 0 Å². The summed E-state index contributed by atoms with van der Waals surface area (Å²) in [7, 11) is 0. The van der Waals surface area contributed by atoms with Gasteiger partial charge < -0.3 is 0 Å². The molecule has 2 rings (SSSR count). The van der Waals surface area contributed by atoms with E-state index in [-0.39, 0.29) is 6.17 Å². The van der Waals surface area contributed by atoms with Crippen LogP contribution in [0.2, 0.25) is 0 Å². The van der Waals surface area contributed by atoms with Gasteiger partial charge in [-0.3, -0.25) is 10.6 Å². The maximum absolute atomic E-state index is 9.14. The zero-order valence-corrected chi connectivity index (χ0v) is 5.23. The number of hydrogen-bond donors (Lipinski definition) is 2. The van der Waals surface area contributed by atoms with Gasteiger partial charge in [-0.2, -0.15) is 5.10 Å². The van der Waals surface area contributed by atoms with Crippen molar-refractivity contribution in [3.05, 3.63) is 23.9 Å². The van der Waals surface area contributed by atoms with E-state index in [4.69, 9.17) is 5.21 Å². The Bertz CT molecular complexity index is 231. The average Bonchev–Trinajstić information content (AvgIpc) is 2.36. The fraction of sp³-hybridized carbons (Fsp3) is 0.167. The van der Waals surface area contributed by atoms with Gasteiger partial charge >= 0.3 is 0 Å². The predicted molar refractivity (Wildman–Crippen MR) is 36.3 cm³/mol. The number of rotatable bonds is 0. The molecule has 0 amide bonds. The Balaban J connectivity index is 2.31. The van der Waals surface area contributed by atoms with E-state index >= 15 is 0 Å². The summed E-state index contributed by atoms with van der Waals surface area (Å²) in [6, 6.07) is 0. The minimum atomic E-state index is -0.176.